The Hall–Kier alpha value is -4.03. The van der Waals surface area contributed by atoms with Crippen molar-refractivity contribution < 1.29 is 27.5 Å². The molecule has 10 nitrogen and oxygen atoms in total. The molecule has 0 radical (unpaired) electrons. The number of pyridine rings is 1. The fourth-order valence-corrected chi connectivity index (χ4v) is 3.91. The van der Waals surface area contributed by atoms with Crippen molar-refractivity contribution in [1.82, 2.24) is 20.1 Å². The predicted octanol–water partition coefficient (Wildman–Crippen LogP) is 2.43. The summed E-state index contributed by atoms with van der Waals surface area (Å²) in [7, 11) is 1.72. The third-order valence-corrected chi connectivity index (χ3v) is 5.71. The highest BCUT2D eigenvalue weighted by atomic mass is 19.4. The van der Waals surface area contributed by atoms with Gasteiger partial charge in [-0.3, -0.25) is 4.79 Å². The molecular weight excluding hydrogens is 479 g/mol. The van der Waals surface area contributed by atoms with Crippen LogP contribution in [0.3, 0.4) is 0 Å². The molecule has 1 unspecified atom stereocenters. The SMILES string of the molecule is Cc1ccc(N2CCN(C(=O)C3=NC(NC(=O)Nc4ccc(OC(F)(F)F)cc4)CN3C)CC2)nc1. The summed E-state index contributed by atoms with van der Waals surface area (Å²) in [5.74, 6) is 0.533. The van der Waals surface area contributed by atoms with E-state index in [4.69, 9.17) is 0 Å². The number of aliphatic imine (C=N–C) groups is 1. The number of likely N-dealkylation sites (N-methyl/N-ethyl adjacent to an activating group) is 1. The maximum atomic E-state index is 13.1. The van der Waals surface area contributed by atoms with Crippen molar-refractivity contribution in [2.75, 3.05) is 50.0 Å². The van der Waals surface area contributed by atoms with E-state index in [-0.39, 0.29) is 17.4 Å². The smallest absolute Gasteiger partial charge is 0.406 e. The quantitative estimate of drug-likeness (QED) is 0.647. The summed E-state index contributed by atoms with van der Waals surface area (Å²) in [5, 5.41) is 5.18. The number of halogens is 3. The monoisotopic (exact) mass is 505 g/mol. The molecule has 4 rings (SSSR count). The number of alkyl halides is 3. The van der Waals surface area contributed by atoms with Crippen LogP contribution in [0, 0.1) is 6.92 Å². The second-order valence-electron chi connectivity index (χ2n) is 8.49. The molecule has 1 aromatic carbocycles. The van der Waals surface area contributed by atoms with Crippen LogP contribution in [0.15, 0.2) is 47.6 Å². The molecule has 2 aliphatic rings. The summed E-state index contributed by atoms with van der Waals surface area (Å²) in [6.07, 6.45) is -3.63. The molecule has 0 aliphatic carbocycles. The number of nitrogens with one attached hydrogen (secondary N) is 2. The second-order valence-corrected chi connectivity index (χ2v) is 8.49. The van der Waals surface area contributed by atoms with Crippen LogP contribution in [0.2, 0.25) is 0 Å². The summed E-state index contributed by atoms with van der Waals surface area (Å²) in [4.78, 5) is 39.7. The molecule has 2 aromatic rings. The van der Waals surface area contributed by atoms with Gasteiger partial charge in [0.15, 0.2) is 5.84 Å². The van der Waals surface area contributed by atoms with Crippen LogP contribution < -0.4 is 20.3 Å². The van der Waals surface area contributed by atoms with Gasteiger partial charge in [0.1, 0.15) is 17.7 Å². The number of piperazine rings is 1. The largest absolute Gasteiger partial charge is 0.573 e. The fourth-order valence-electron chi connectivity index (χ4n) is 3.91. The zero-order valence-electron chi connectivity index (χ0n) is 19.7. The molecule has 0 spiro atoms. The topological polar surface area (TPSA) is 102 Å². The lowest BCUT2D eigenvalue weighted by Gasteiger charge is -2.35. The van der Waals surface area contributed by atoms with Crippen LogP contribution in [0.4, 0.5) is 29.5 Å². The van der Waals surface area contributed by atoms with Crippen molar-refractivity contribution in [2.24, 2.45) is 4.99 Å². The number of hydrogen-bond donors (Lipinski definition) is 2. The van der Waals surface area contributed by atoms with Crippen molar-refractivity contribution in [1.29, 1.82) is 0 Å². The van der Waals surface area contributed by atoms with Gasteiger partial charge in [-0.1, -0.05) is 6.07 Å². The minimum atomic E-state index is -4.79. The van der Waals surface area contributed by atoms with E-state index >= 15 is 0 Å². The van der Waals surface area contributed by atoms with Gasteiger partial charge in [-0.15, -0.1) is 13.2 Å². The number of amides is 3. The number of benzene rings is 1. The van der Waals surface area contributed by atoms with Crippen molar-refractivity contribution in [2.45, 2.75) is 19.5 Å². The molecule has 192 valence electrons. The minimum absolute atomic E-state index is 0.209. The number of aromatic nitrogens is 1. The maximum Gasteiger partial charge on any atom is 0.573 e. The first-order valence-electron chi connectivity index (χ1n) is 11.3. The number of carbonyl (C=O) groups excluding carboxylic acids is 2. The van der Waals surface area contributed by atoms with E-state index in [0.29, 0.717) is 32.7 Å². The number of hydrogen-bond acceptors (Lipinski definition) is 7. The van der Waals surface area contributed by atoms with E-state index < -0.39 is 24.3 Å². The van der Waals surface area contributed by atoms with E-state index in [1.165, 1.54) is 12.1 Å². The summed E-state index contributed by atoms with van der Waals surface area (Å²) < 4.78 is 40.6. The summed E-state index contributed by atoms with van der Waals surface area (Å²) in [6, 6.07) is 8.12. The second kappa shape index (κ2) is 10.3. The lowest BCUT2D eigenvalue weighted by atomic mass is 10.2. The summed E-state index contributed by atoms with van der Waals surface area (Å²) >= 11 is 0. The lowest BCUT2D eigenvalue weighted by Crippen LogP contribution is -2.52. The first kappa shape index (κ1) is 25.1. The fraction of sp³-hybridized carbons (Fsp3) is 0.391. The van der Waals surface area contributed by atoms with Crippen LogP contribution in [-0.4, -0.2) is 84.9 Å². The Morgan fingerprint density at radius 3 is 2.36 bits per heavy atom. The van der Waals surface area contributed by atoms with Gasteiger partial charge in [-0.2, -0.15) is 0 Å². The Bertz CT molecular complexity index is 1120. The zero-order chi connectivity index (χ0) is 25.9. The number of amidine groups is 1. The molecule has 1 fully saturated rings. The molecule has 2 aliphatic heterocycles. The first-order chi connectivity index (χ1) is 17.1. The predicted molar refractivity (Wildman–Crippen MR) is 127 cm³/mol. The maximum absolute atomic E-state index is 13.1. The number of rotatable bonds is 5. The molecule has 3 amide bonds. The molecule has 2 N–H and O–H groups in total. The number of carbonyl (C=O) groups is 2. The molecule has 1 aromatic heterocycles. The third-order valence-electron chi connectivity index (χ3n) is 5.71. The Balaban J connectivity index is 1.28. The van der Waals surface area contributed by atoms with Crippen LogP contribution in [0.5, 0.6) is 5.75 Å². The van der Waals surface area contributed by atoms with Gasteiger partial charge in [0, 0.05) is 45.1 Å². The third kappa shape index (κ3) is 6.34. The number of nitrogens with zero attached hydrogens (tertiary/aromatic N) is 5. The van der Waals surface area contributed by atoms with Crippen molar-refractivity contribution >= 4 is 29.3 Å². The average Bonchev–Trinajstić information content (AvgIpc) is 3.19. The van der Waals surface area contributed by atoms with E-state index in [0.717, 1.165) is 23.5 Å². The Morgan fingerprint density at radius 2 is 1.75 bits per heavy atom. The Morgan fingerprint density at radius 1 is 1.06 bits per heavy atom. The van der Waals surface area contributed by atoms with Crippen molar-refractivity contribution in [3.05, 3.63) is 48.2 Å². The molecule has 1 atom stereocenters. The van der Waals surface area contributed by atoms with Crippen LogP contribution in [0.1, 0.15) is 5.56 Å². The highest BCUT2D eigenvalue weighted by molar-refractivity contribution is 6.38. The van der Waals surface area contributed by atoms with Gasteiger partial charge in [0.2, 0.25) is 0 Å². The lowest BCUT2D eigenvalue weighted by molar-refractivity contribution is -0.274. The number of anilines is 2. The molecule has 13 heteroatoms. The Kier molecular flexibility index (Phi) is 7.17. The molecule has 1 saturated heterocycles. The molecule has 0 saturated carbocycles. The summed E-state index contributed by atoms with van der Waals surface area (Å²) in [6.45, 7) is 4.62. The van der Waals surface area contributed by atoms with Gasteiger partial charge in [0.05, 0.1) is 6.54 Å². The normalized spacial score (nSPS) is 18.1. The van der Waals surface area contributed by atoms with Gasteiger partial charge in [0.25, 0.3) is 5.91 Å². The van der Waals surface area contributed by atoms with E-state index in [1.807, 2.05) is 25.3 Å². The minimum Gasteiger partial charge on any atom is -0.406 e. The zero-order valence-corrected chi connectivity index (χ0v) is 19.7. The standard InChI is InChI=1S/C23H26F3N7O3/c1-15-3-8-19(27-13-15)32-9-11-33(12-10-32)21(34)20-29-18(14-31(20)2)30-22(35)28-16-4-6-17(7-5-16)36-23(24,25)26/h3-8,13,18H,9-12,14H2,1-2H3,(H2,28,30,35). The van der Waals surface area contributed by atoms with Crippen molar-refractivity contribution in [3.63, 3.8) is 0 Å². The van der Waals surface area contributed by atoms with Crippen LogP contribution in [-0.2, 0) is 4.79 Å². The first-order valence-corrected chi connectivity index (χ1v) is 11.3. The molecule has 0 bridgehead atoms. The molecule has 3 heterocycles. The van der Waals surface area contributed by atoms with E-state index in [1.54, 1.807) is 16.8 Å². The van der Waals surface area contributed by atoms with E-state index in [9.17, 15) is 22.8 Å². The highest BCUT2D eigenvalue weighted by Crippen LogP contribution is 2.24. The number of urea groups is 1. The summed E-state index contributed by atoms with van der Waals surface area (Å²) in [5.41, 5.74) is 1.36. The van der Waals surface area contributed by atoms with Gasteiger partial charge < -0.3 is 30.1 Å². The van der Waals surface area contributed by atoms with Gasteiger partial charge in [-0.05, 0) is 42.8 Å². The van der Waals surface area contributed by atoms with Gasteiger partial charge in [-0.25, -0.2) is 14.8 Å². The molecular formula is C23H26F3N7O3. The molecule has 36 heavy (non-hydrogen) atoms. The number of aryl methyl sites for hydroxylation is 1. The van der Waals surface area contributed by atoms with Crippen LogP contribution >= 0.6 is 0 Å². The average molecular weight is 506 g/mol. The highest BCUT2D eigenvalue weighted by Gasteiger charge is 2.33. The number of ether oxygens (including phenoxy) is 1. The van der Waals surface area contributed by atoms with Crippen LogP contribution in [0.25, 0.3) is 0 Å². The van der Waals surface area contributed by atoms with E-state index in [2.05, 4.69) is 30.2 Å². The Labute approximate surface area is 205 Å². The van der Waals surface area contributed by atoms with Gasteiger partial charge >= 0.3 is 12.4 Å². The van der Waals surface area contributed by atoms with Crippen molar-refractivity contribution in [3.8, 4) is 5.75 Å².